The van der Waals surface area contributed by atoms with Crippen molar-refractivity contribution in [3.63, 3.8) is 0 Å². The van der Waals surface area contributed by atoms with E-state index < -0.39 is 23.3 Å². The quantitative estimate of drug-likeness (QED) is 0.808. The van der Waals surface area contributed by atoms with Gasteiger partial charge in [-0.15, -0.1) is 0 Å². The van der Waals surface area contributed by atoms with E-state index in [0.29, 0.717) is 12.3 Å². The highest BCUT2D eigenvalue weighted by molar-refractivity contribution is 5.28. The van der Waals surface area contributed by atoms with E-state index in [-0.39, 0.29) is 12.1 Å². The Hall–Kier alpha value is -2.49. The lowest BCUT2D eigenvalue weighted by Crippen LogP contribution is -2.36. The highest BCUT2D eigenvalue weighted by Gasteiger charge is 2.26. The first-order valence-electron chi connectivity index (χ1n) is 7.85. The highest BCUT2D eigenvalue weighted by Crippen LogP contribution is 2.23. The molecule has 2 aromatic carbocycles. The zero-order valence-electron chi connectivity index (χ0n) is 14.1. The number of nitrogens with zero attached hydrogens (tertiary/aromatic N) is 1. The Morgan fingerprint density at radius 3 is 2.52 bits per heavy atom. The van der Waals surface area contributed by atoms with Crippen molar-refractivity contribution in [1.29, 1.82) is 5.26 Å². The summed E-state index contributed by atoms with van der Waals surface area (Å²) in [7, 11) is 0. The molecule has 0 aliphatic carbocycles. The molecule has 2 rings (SSSR count). The molecule has 2 N–H and O–H groups in total. The Labute approximate surface area is 145 Å². The molecule has 0 saturated carbocycles. The number of hydrogen-bond donors (Lipinski definition) is 2. The van der Waals surface area contributed by atoms with Gasteiger partial charge in [-0.25, -0.2) is 8.78 Å². The molecule has 2 aromatic rings. The van der Waals surface area contributed by atoms with Gasteiger partial charge in [-0.2, -0.15) is 5.26 Å². The van der Waals surface area contributed by atoms with E-state index in [1.54, 1.807) is 19.1 Å². The first kappa shape index (κ1) is 18.8. The first-order valence-corrected chi connectivity index (χ1v) is 7.85. The lowest BCUT2D eigenvalue weighted by atomic mass is 9.95. The number of halogens is 2. The Morgan fingerprint density at radius 1 is 1.24 bits per heavy atom. The Bertz CT molecular complexity index is 755. The van der Waals surface area contributed by atoms with Crippen molar-refractivity contribution in [2.24, 2.45) is 0 Å². The molecular weight excluding hydrogens is 326 g/mol. The molecule has 0 aliphatic heterocycles. The minimum atomic E-state index is -1.47. The molecular formula is C19H20F2N2O2. The van der Waals surface area contributed by atoms with Crippen LogP contribution in [0.2, 0.25) is 0 Å². The molecule has 0 saturated heterocycles. The number of hydrogen-bond acceptors (Lipinski definition) is 4. The van der Waals surface area contributed by atoms with E-state index in [0.717, 1.165) is 17.7 Å². The fourth-order valence-electron chi connectivity index (χ4n) is 2.39. The number of nitrogens with one attached hydrogen (secondary N) is 1. The maximum absolute atomic E-state index is 13.8. The van der Waals surface area contributed by atoms with Crippen LogP contribution in [0, 0.1) is 23.0 Å². The van der Waals surface area contributed by atoms with Crippen LogP contribution in [0.4, 0.5) is 8.78 Å². The van der Waals surface area contributed by atoms with Crippen LogP contribution in [0.1, 0.15) is 25.0 Å². The third-order valence-corrected chi connectivity index (χ3v) is 3.73. The van der Waals surface area contributed by atoms with Gasteiger partial charge in [-0.05, 0) is 37.6 Å². The van der Waals surface area contributed by atoms with Crippen LogP contribution in [0.15, 0.2) is 42.5 Å². The summed E-state index contributed by atoms with van der Waals surface area (Å²) >= 11 is 0. The molecule has 0 amide bonds. The van der Waals surface area contributed by atoms with Crippen LogP contribution in [-0.2, 0) is 12.1 Å². The van der Waals surface area contributed by atoms with Crippen LogP contribution >= 0.6 is 0 Å². The molecule has 0 radical (unpaired) electrons. The Kier molecular flexibility index (Phi) is 6.07. The summed E-state index contributed by atoms with van der Waals surface area (Å²) in [6.07, 6.45) is -0.523. The van der Waals surface area contributed by atoms with Crippen molar-refractivity contribution >= 4 is 0 Å². The number of ether oxygens (including phenoxy) is 1. The molecule has 132 valence electrons. The number of rotatable bonds is 7. The summed E-state index contributed by atoms with van der Waals surface area (Å²) < 4.78 is 32.2. The normalized spacial score (nSPS) is 14.4. The third kappa shape index (κ3) is 5.24. The zero-order valence-corrected chi connectivity index (χ0v) is 14.1. The van der Waals surface area contributed by atoms with Gasteiger partial charge in [-0.3, -0.25) is 0 Å². The molecule has 0 spiro atoms. The van der Waals surface area contributed by atoms with Gasteiger partial charge in [0.05, 0.1) is 0 Å². The lowest BCUT2D eigenvalue weighted by molar-refractivity contribution is 0.0528. The minimum absolute atomic E-state index is 0.0376. The standard InChI is InChI=1S/C19H20F2N2O2/c1-13(10-22)25-16-6-3-14(4-7-16)11-23-12-19(2,24)17-8-5-15(20)9-18(17)21/h3-9,13,23-24H,11-12H2,1-2H3. The first-order chi connectivity index (χ1) is 11.8. The molecule has 0 bridgehead atoms. The molecule has 25 heavy (non-hydrogen) atoms. The van der Waals surface area contributed by atoms with Gasteiger partial charge in [0.2, 0.25) is 0 Å². The van der Waals surface area contributed by atoms with Crippen molar-refractivity contribution in [1.82, 2.24) is 5.32 Å². The van der Waals surface area contributed by atoms with Crippen molar-refractivity contribution in [3.05, 3.63) is 65.2 Å². The third-order valence-electron chi connectivity index (χ3n) is 3.73. The summed E-state index contributed by atoms with van der Waals surface area (Å²) in [6.45, 7) is 3.68. The van der Waals surface area contributed by atoms with E-state index in [2.05, 4.69) is 5.32 Å². The average Bonchev–Trinajstić information content (AvgIpc) is 2.55. The second-order valence-corrected chi connectivity index (χ2v) is 6.03. The Balaban J connectivity index is 1.92. The molecule has 4 nitrogen and oxygen atoms in total. The SMILES string of the molecule is CC(C#N)Oc1ccc(CNCC(C)(O)c2ccc(F)cc2F)cc1. The van der Waals surface area contributed by atoms with Crippen LogP contribution < -0.4 is 10.1 Å². The van der Waals surface area contributed by atoms with Crippen molar-refractivity contribution in [3.8, 4) is 11.8 Å². The predicted molar refractivity (Wildman–Crippen MR) is 89.8 cm³/mol. The second kappa shape index (κ2) is 8.06. The molecule has 0 aromatic heterocycles. The van der Waals surface area contributed by atoms with E-state index in [9.17, 15) is 13.9 Å². The number of nitriles is 1. The highest BCUT2D eigenvalue weighted by atomic mass is 19.1. The molecule has 2 atom stereocenters. The summed E-state index contributed by atoms with van der Waals surface area (Å²) in [5, 5.41) is 22.2. The fourth-order valence-corrected chi connectivity index (χ4v) is 2.39. The van der Waals surface area contributed by atoms with Crippen molar-refractivity contribution < 1.29 is 18.6 Å². The van der Waals surface area contributed by atoms with Gasteiger partial charge in [0.15, 0.2) is 6.10 Å². The fraction of sp³-hybridized carbons (Fsp3) is 0.316. The van der Waals surface area contributed by atoms with Crippen LogP contribution in [-0.4, -0.2) is 17.8 Å². The van der Waals surface area contributed by atoms with Crippen molar-refractivity contribution in [2.45, 2.75) is 32.1 Å². The van der Waals surface area contributed by atoms with E-state index in [1.165, 1.54) is 13.0 Å². The van der Waals surface area contributed by atoms with E-state index in [1.807, 2.05) is 18.2 Å². The van der Waals surface area contributed by atoms with Gasteiger partial charge >= 0.3 is 0 Å². The molecule has 0 fully saturated rings. The number of benzene rings is 2. The molecule has 6 heteroatoms. The lowest BCUT2D eigenvalue weighted by Gasteiger charge is -2.25. The second-order valence-electron chi connectivity index (χ2n) is 6.03. The van der Waals surface area contributed by atoms with E-state index >= 15 is 0 Å². The molecule has 0 aliphatic rings. The summed E-state index contributed by atoms with van der Waals surface area (Å²) in [5.74, 6) is -0.865. The largest absolute Gasteiger partial charge is 0.476 e. The maximum Gasteiger partial charge on any atom is 0.181 e. The van der Waals surface area contributed by atoms with Crippen LogP contribution in [0.25, 0.3) is 0 Å². The minimum Gasteiger partial charge on any atom is -0.476 e. The van der Waals surface area contributed by atoms with Crippen molar-refractivity contribution in [2.75, 3.05) is 6.54 Å². The van der Waals surface area contributed by atoms with Crippen LogP contribution in [0.5, 0.6) is 5.75 Å². The predicted octanol–water partition coefficient (Wildman–Crippen LogP) is 3.25. The summed E-state index contributed by atoms with van der Waals surface area (Å²) in [6, 6.07) is 12.3. The molecule has 0 heterocycles. The maximum atomic E-state index is 13.8. The smallest absolute Gasteiger partial charge is 0.181 e. The van der Waals surface area contributed by atoms with Gasteiger partial charge in [-0.1, -0.05) is 18.2 Å². The topological polar surface area (TPSA) is 65.3 Å². The zero-order chi connectivity index (χ0) is 18.4. The van der Waals surface area contributed by atoms with Gasteiger partial charge < -0.3 is 15.2 Å². The van der Waals surface area contributed by atoms with Gasteiger partial charge in [0, 0.05) is 24.7 Å². The Morgan fingerprint density at radius 2 is 1.92 bits per heavy atom. The van der Waals surface area contributed by atoms with Gasteiger partial charge in [0.25, 0.3) is 0 Å². The molecule has 2 unspecified atom stereocenters. The summed E-state index contributed by atoms with van der Waals surface area (Å²) in [5.41, 5.74) is -0.494. The average molecular weight is 346 g/mol. The van der Waals surface area contributed by atoms with Crippen LogP contribution in [0.3, 0.4) is 0 Å². The van der Waals surface area contributed by atoms with Gasteiger partial charge in [0.1, 0.15) is 29.1 Å². The summed E-state index contributed by atoms with van der Waals surface area (Å²) in [4.78, 5) is 0. The van der Waals surface area contributed by atoms with E-state index in [4.69, 9.17) is 10.00 Å². The number of aliphatic hydroxyl groups is 1. The monoisotopic (exact) mass is 346 g/mol.